The molecule has 2 saturated heterocycles. The third kappa shape index (κ3) is 4.72. The summed E-state index contributed by atoms with van der Waals surface area (Å²) in [5.74, 6) is 0.512. The minimum atomic E-state index is -0.269. The topological polar surface area (TPSA) is 67.9 Å². The van der Waals surface area contributed by atoms with Crippen molar-refractivity contribution in [1.82, 2.24) is 10.2 Å². The Labute approximate surface area is 148 Å². The second-order valence-corrected chi connectivity index (χ2v) is 6.76. The van der Waals surface area contributed by atoms with E-state index in [4.69, 9.17) is 9.47 Å². The lowest BCUT2D eigenvalue weighted by Gasteiger charge is -2.23. The zero-order valence-corrected chi connectivity index (χ0v) is 14.7. The monoisotopic (exact) mass is 346 g/mol. The molecule has 0 aromatic heterocycles. The Hall–Kier alpha value is -2.08. The van der Waals surface area contributed by atoms with E-state index >= 15 is 0 Å². The van der Waals surface area contributed by atoms with Gasteiger partial charge in [0.05, 0.1) is 19.1 Å². The predicted molar refractivity (Wildman–Crippen MR) is 93.1 cm³/mol. The van der Waals surface area contributed by atoms with Crippen LogP contribution in [-0.4, -0.2) is 49.6 Å². The molecule has 0 unspecified atom stereocenters. The smallest absolute Gasteiger partial charge is 0.225 e. The zero-order valence-electron chi connectivity index (χ0n) is 14.7. The van der Waals surface area contributed by atoms with E-state index in [1.807, 2.05) is 24.3 Å². The Morgan fingerprint density at radius 1 is 1.32 bits per heavy atom. The van der Waals surface area contributed by atoms with Crippen LogP contribution in [0.2, 0.25) is 0 Å². The second kappa shape index (κ2) is 8.34. The van der Waals surface area contributed by atoms with Gasteiger partial charge in [0, 0.05) is 32.7 Å². The number of ether oxygens (including phenoxy) is 2. The summed E-state index contributed by atoms with van der Waals surface area (Å²) in [7, 11) is 1.63. The zero-order chi connectivity index (χ0) is 17.6. The molecule has 0 radical (unpaired) electrons. The minimum absolute atomic E-state index is 0.0323. The standard InChI is InChI=1S/C19H26N2O4/c1-24-16-7-5-14(6-8-16)12-21-13-15(10-18(21)22)19(23)20-11-17-4-2-3-9-25-17/h5-8,15,17H,2-4,9-13H2,1H3,(H,20,23)/t15-,17+/m0/s1. The van der Waals surface area contributed by atoms with E-state index in [1.54, 1.807) is 12.0 Å². The summed E-state index contributed by atoms with van der Waals surface area (Å²) in [6, 6.07) is 7.65. The summed E-state index contributed by atoms with van der Waals surface area (Å²) in [5.41, 5.74) is 1.03. The van der Waals surface area contributed by atoms with Crippen LogP contribution in [-0.2, 0) is 20.9 Å². The van der Waals surface area contributed by atoms with Crippen LogP contribution in [0.5, 0.6) is 5.75 Å². The number of hydrogen-bond acceptors (Lipinski definition) is 4. The van der Waals surface area contributed by atoms with Gasteiger partial charge in [-0.25, -0.2) is 0 Å². The molecule has 0 aliphatic carbocycles. The fourth-order valence-corrected chi connectivity index (χ4v) is 3.38. The average molecular weight is 346 g/mol. The molecule has 0 spiro atoms. The fraction of sp³-hybridized carbons (Fsp3) is 0.579. The Morgan fingerprint density at radius 2 is 2.12 bits per heavy atom. The van der Waals surface area contributed by atoms with Crippen LogP contribution in [0.1, 0.15) is 31.2 Å². The molecule has 6 heteroatoms. The highest BCUT2D eigenvalue weighted by Gasteiger charge is 2.34. The molecule has 6 nitrogen and oxygen atoms in total. The van der Waals surface area contributed by atoms with E-state index in [9.17, 15) is 9.59 Å². The van der Waals surface area contributed by atoms with Crippen molar-refractivity contribution in [3.05, 3.63) is 29.8 Å². The van der Waals surface area contributed by atoms with Crippen LogP contribution in [0.4, 0.5) is 0 Å². The van der Waals surface area contributed by atoms with Gasteiger partial charge in [0.2, 0.25) is 11.8 Å². The van der Waals surface area contributed by atoms with Crippen molar-refractivity contribution < 1.29 is 19.1 Å². The third-order valence-corrected chi connectivity index (χ3v) is 4.90. The Balaban J connectivity index is 1.48. The van der Waals surface area contributed by atoms with Crippen LogP contribution in [0.15, 0.2) is 24.3 Å². The number of carbonyl (C=O) groups is 2. The Bertz CT molecular complexity index is 596. The molecular formula is C19H26N2O4. The molecular weight excluding hydrogens is 320 g/mol. The lowest BCUT2D eigenvalue weighted by atomic mass is 10.1. The van der Waals surface area contributed by atoms with Crippen molar-refractivity contribution in [3.63, 3.8) is 0 Å². The van der Waals surface area contributed by atoms with E-state index < -0.39 is 0 Å². The van der Waals surface area contributed by atoms with Crippen LogP contribution in [0.25, 0.3) is 0 Å². The highest BCUT2D eigenvalue weighted by molar-refractivity contribution is 5.89. The summed E-state index contributed by atoms with van der Waals surface area (Å²) in [5, 5.41) is 2.96. The number of methoxy groups -OCH3 is 1. The first-order valence-corrected chi connectivity index (χ1v) is 8.95. The summed E-state index contributed by atoms with van der Waals surface area (Å²) in [6.07, 6.45) is 3.64. The number of carbonyl (C=O) groups excluding carboxylic acids is 2. The van der Waals surface area contributed by atoms with Crippen LogP contribution in [0, 0.1) is 5.92 Å². The molecule has 2 aliphatic rings. The van der Waals surface area contributed by atoms with Gasteiger partial charge in [-0.1, -0.05) is 12.1 Å². The van der Waals surface area contributed by atoms with E-state index in [-0.39, 0.29) is 30.3 Å². The van der Waals surface area contributed by atoms with Gasteiger partial charge in [-0.05, 0) is 37.0 Å². The van der Waals surface area contributed by atoms with Gasteiger partial charge < -0.3 is 19.7 Å². The molecule has 3 rings (SSSR count). The van der Waals surface area contributed by atoms with Gasteiger partial charge >= 0.3 is 0 Å². The van der Waals surface area contributed by atoms with Gasteiger partial charge in [-0.15, -0.1) is 0 Å². The van der Waals surface area contributed by atoms with E-state index in [2.05, 4.69) is 5.32 Å². The molecule has 25 heavy (non-hydrogen) atoms. The van der Waals surface area contributed by atoms with Crippen molar-refractivity contribution >= 4 is 11.8 Å². The highest BCUT2D eigenvalue weighted by Crippen LogP contribution is 2.22. The van der Waals surface area contributed by atoms with Gasteiger partial charge in [0.1, 0.15) is 5.75 Å². The maximum Gasteiger partial charge on any atom is 0.225 e. The fourth-order valence-electron chi connectivity index (χ4n) is 3.38. The Morgan fingerprint density at radius 3 is 2.80 bits per heavy atom. The number of hydrogen-bond donors (Lipinski definition) is 1. The van der Waals surface area contributed by atoms with Crippen molar-refractivity contribution in [3.8, 4) is 5.75 Å². The molecule has 0 bridgehead atoms. The molecule has 2 aliphatic heterocycles. The van der Waals surface area contributed by atoms with E-state index in [0.717, 1.165) is 37.2 Å². The number of amides is 2. The largest absolute Gasteiger partial charge is 0.497 e. The molecule has 2 atom stereocenters. The first-order valence-electron chi connectivity index (χ1n) is 8.95. The van der Waals surface area contributed by atoms with Crippen molar-refractivity contribution in [1.29, 1.82) is 0 Å². The average Bonchev–Trinajstić information content (AvgIpc) is 3.02. The number of benzene rings is 1. The molecule has 2 heterocycles. The number of likely N-dealkylation sites (tertiary alicyclic amines) is 1. The van der Waals surface area contributed by atoms with Crippen molar-refractivity contribution in [2.24, 2.45) is 5.92 Å². The van der Waals surface area contributed by atoms with E-state index in [1.165, 1.54) is 0 Å². The van der Waals surface area contributed by atoms with Crippen LogP contribution in [0.3, 0.4) is 0 Å². The molecule has 2 amide bonds. The maximum atomic E-state index is 12.4. The normalized spacial score (nSPS) is 23.6. The molecule has 1 aromatic rings. The minimum Gasteiger partial charge on any atom is -0.497 e. The first-order chi connectivity index (χ1) is 12.2. The number of nitrogens with zero attached hydrogens (tertiary/aromatic N) is 1. The van der Waals surface area contributed by atoms with Crippen LogP contribution < -0.4 is 10.1 Å². The lowest BCUT2D eigenvalue weighted by Crippen LogP contribution is -2.39. The predicted octanol–water partition coefficient (Wildman–Crippen LogP) is 1.73. The quantitative estimate of drug-likeness (QED) is 0.852. The lowest BCUT2D eigenvalue weighted by molar-refractivity contribution is -0.129. The van der Waals surface area contributed by atoms with Crippen molar-refractivity contribution in [2.75, 3.05) is 26.8 Å². The summed E-state index contributed by atoms with van der Waals surface area (Å²) < 4.78 is 10.8. The third-order valence-electron chi connectivity index (χ3n) is 4.90. The first kappa shape index (κ1) is 17.7. The molecule has 136 valence electrons. The SMILES string of the molecule is COc1ccc(CN2C[C@@H](C(=O)NC[C@H]3CCCCO3)CC2=O)cc1. The van der Waals surface area contributed by atoms with E-state index in [0.29, 0.717) is 19.6 Å². The number of rotatable bonds is 6. The molecule has 1 N–H and O–H groups in total. The van der Waals surface area contributed by atoms with Crippen molar-refractivity contribution in [2.45, 2.75) is 38.3 Å². The maximum absolute atomic E-state index is 12.4. The summed E-state index contributed by atoms with van der Waals surface area (Å²) >= 11 is 0. The summed E-state index contributed by atoms with van der Waals surface area (Å²) in [4.78, 5) is 26.3. The molecule has 0 saturated carbocycles. The molecule has 1 aromatic carbocycles. The van der Waals surface area contributed by atoms with Gasteiger partial charge in [0.25, 0.3) is 0 Å². The van der Waals surface area contributed by atoms with Gasteiger partial charge in [-0.2, -0.15) is 0 Å². The summed E-state index contributed by atoms with van der Waals surface area (Å²) in [6.45, 7) is 2.32. The van der Waals surface area contributed by atoms with Gasteiger partial charge in [0.15, 0.2) is 0 Å². The van der Waals surface area contributed by atoms with Crippen LogP contribution >= 0.6 is 0 Å². The Kier molecular flexibility index (Phi) is 5.91. The number of nitrogens with one attached hydrogen (secondary N) is 1. The second-order valence-electron chi connectivity index (χ2n) is 6.76. The highest BCUT2D eigenvalue weighted by atomic mass is 16.5. The van der Waals surface area contributed by atoms with Gasteiger partial charge in [-0.3, -0.25) is 9.59 Å². The molecule has 2 fully saturated rings.